The first-order chi connectivity index (χ1) is 13.2. The van der Waals surface area contributed by atoms with Gasteiger partial charge in [0, 0.05) is 30.4 Å². The highest BCUT2D eigenvalue weighted by Crippen LogP contribution is 2.35. The van der Waals surface area contributed by atoms with Crippen LogP contribution < -0.4 is 10.1 Å². The van der Waals surface area contributed by atoms with Gasteiger partial charge in [0.15, 0.2) is 0 Å². The fourth-order valence-electron chi connectivity index (χ4n) is 3.29. The fourth-order valence-corrected chi connectivity index (χ4v) is 4.25. The largest absolute Gasteiger partial charge is 0.511 e. The van der Waals surface area contributed by atoms with Gasteiger partial charge in [-0.3, -0.25) is 0 Å². The van der Waals surface area contributed by atoms with Crippen molar-refractivity contribution in [3.05, 3.63) is 59.7 Å². The van der Waals surface area contributed by atoms with Gasteiger partial charge >= 0.3 is 15.5 Å². The first kappa shape index (κ1) is 20.5. The maximum atomic E-state index is 13.2. The average Bonchev–Trinajstić information content (AvgIpc) is 2.85. The number of aryl methyl sites for hydroxylation is 1. The van der Waals surface area contributed by atoms with E-state index in [1.54, 1.807) is 18.2 Å². The molecule has 0 bridgehead atoms. The minimum atomic E-state index is -5.47. The molecule has 0 saturated carbocycles. The van der Waals surface area contributed by atoms with Crippen molar-refractivity contribution in [1.82, 2.24) is 4.31 Å². The smallest absolute Gasteiger partial charge is 0.496 e. The Kier molecular flexibility index (Phi) is 5.85. The predicted molar refractivity (Wildman–Crippen MR) is 101 cm³/mol. The molecule has 3 rings (SSSR count). The van der Waals surface area contributed by atoms with E-state index in [4.69, 9.17) is 4.74 Å². The zero-order valence-corrected chi connectivity index (χ0v) is 16.1. The Labute approximate surface area is 162 Å². The molecule has 9 heteroatoms. The van der Waals surface area contributed by atoms with Gasteiger partial charge < -0.3 is 10.1 Å². The van der Waals surface area contributed by atoms with Crippen LogP contribution in [0.4, 0.5) is 18.9 Å². The second-order valence-corrected chi connectivity index (χ2v) is 8.52. The number of ether oxygens (including phenoxy) is 1. The van der Waals surface area contributed by atoms with Crippen LogP contribution in [-0.4, -0.2) is 37.9 Å². The van der Waals surface area contributed by atoms with E-state index in [1.165, 1.54) is 7.11 Å². The predicted octanol–water partition coefficient (Wildman–Crippen LogP) is 3.77. The van der Waals surface area contributed by atoms with E-state index < -0.39 is 28.1 Å². The summed E-state index contributed by atoms with van der Waals surface area (Å²) in [5, 5.41) is 3.20. The van der Waals surface area contributed by atoms with Crippen molar-refractivity contribution < 1.29 is 26.3 Å². The Bertz CT molecular complexity index is 918. The van der Waals surface area contributed by atoms with E-state index >= 15 is 0 Å². The summed E-state index contributed by atoms with van der Waals surface area (Å²) < 4.78 is 69.6. The van der Waals surface area contributed by atoms with Gasteiger partial charge in [-0.25, -0.2) is 8.42 Å². The summed E-state index contributed by atoms with van der Waals surface area (Å²) in [6, 6.07) is 14.1. The SMILES string of the molecule is COc1cccc2c1CN(S(=O)(=O)C(F)(F)F)CC(CCc1ccccc1)N2. The standard InChI is InChI=1S/C19H21F3N2O3S/c1-27-18-9-5-8-17-16(18)13-24(28(25,26)19(20,21)22)12-15(23-17)11-10-14-6-3-2-4-7-14/h2-9,15,23H,10-13H2,1H3. The molecule has 1 heterocycles. The van der Waals surface area contributed by atoms with Crippen molar-refractivity contribution in [2.45, 2.75) is 30.9 Å². The number of benzene rings is 2. The molecule has 1 N–H and O–H groups in total. The molecule has 2 aromatic rings. The molecule has 5 nitrogen and oxygen atoms in total. The van der Waals surface area contributed by atoms with Gasteiger partial charge in [-0.05, 0) is 30.5 Å². The summed E-state index contributed by atoms with van der Waals surface area (Å²) in [4.78, 5) is 0. The van der Waals surface area contributed by atoms with Crippen molar-refractivity contribution in [1.29, 1.82) is 0 Å². The summed E-state index contributed by atoms with van der Waals surface area (Å²) in [5.74, 6) is 0.344. The first-order valence-corrected chi connectivity index (χ1v) is 10.2. The van der Waals surface area contributed by atoms with Crippen molar-refractivity contribution in [2.75, 3.05) is 19.0 Å². The number of halogens is 3. The van der Waals surface area contributed by atoms with Crippen molar-refractivity contribution in [3.63, 3.8) is 0 Å². The second-order valence-electron chi connectivity index (χ2n) is 6.60. The van der Waals surface area contributed by atoms with Crippen LogP contribution in [0.5, 0.6) is 5.75 Å². The van der Waals surface area contributed by atoms with E-state index in [0.717, 1.165) is 5.56 Å². The molecule has 0 fully saturated rings. The zero-order chi connectivity index (χ0) is 20.4. The number of anilines is 1. The lowest BCUT2D eigenvalue weighted by molar-refractivity contribution is -0.0492. The highest BCUT2D eigenvalue weighted by molar-refractivity contribution is 7.89. The van der Waals surface area contributed by atoms with Crippen molar-refractivity contribution in [3.8, 4) is 5.75 Å². The number of hydrogen-bond donors (Lipinski definition) is 1. The molecule has 1 aliphatic heterocycles. The lowest BCUT2D eigenvalue weighted by Crippen LogP contribution is -2.44. The van der Waals surface area contributed by atoms with Gasteiger partial charge in [-0.2, -0.15) is 17.5 Å². The molecule has 0 aromatic heterocycles. The Morgan fingerprint density at radius 3 is 2.50 bits per heavy atom. The van der Waals surface area contributed by atoms with Gasteiger partial charge in [-0.1, -0.05) is 36.4 Å². The quantitative estimate of drug-likeness (QED) is 0.809. The minimum Gasteiger partial charge on any atom is -0.496 e. The lowest BCUT2D eigenvalue weighted by atomic mass is 10.0. The number of hydrogen-bond acceptors (Lipinski definition) is 4. The summed E-state index contributed by atoms with van der Waals surface area (Å²) >= 11 is 0. The molecule has 0 spiro atoms. The van der Waals surface area contributed by atoms with Crippen molar-refractivity contribution >= 4 is 15.7 Å². The van der Waals surface area contributed by atoms with Crippen LogP contribution >= 0.6 is 0 Å². The molecule has 0 amide bonds. The Balaban J connectivity index is 1.93. The number of sulfonamides is 1. The summed E-state index contributed by atoms with van der Waals surface area (Å²) in [6.45, 7) is -0.692. The number of nitrogens with zero attached hydrogens (tertiary/aromatic N) is 1. The van der Waals surface area contributed by atoms with Crippen LogP contribution in [0.15, 0.2) is 48.5 Å². The third-order valence-electron chi connectivity index (χ3n) is 4.73. The third-order valence-corrected chi connectivity index (χ3v) is 6.27. The second kappa shape index (κ2) is 8.00. The number of fused-ring (bicyclic) bond motifs is 1. The van der Waals surface area contributed by atoms with Gasteiger partial charge in [0.25, 0.3) is 0 Å². The fraction of sp³-hybridized carbons (Fsp3) is 0.368. The molecule has 152 valence electrons. The minimum absolute atomic E-state index is 0.285. The Morgan fingerprint density at radius 1 is 1.14 bits per heavy atom. The number of alkyl halides is 3. The monoisotopic (exact) mass is 414 g/mol. The normalized spacial score (nSPS) is 18.1. The van der Waals surface area contributed by atoms with E-state index in [9.17, 15) is 21.6 Å². The Hall–Kier alpha value is -2.26. The topological polar surface area (TPSA) is 58.6 Å². The summed E-state index contributed by atoms with van der Waals surface area (Å²) in [5.41, 5.74) is -3.36. The average molecular weight is 414 g/mol. The highest BCUT2D eigenvalue weighted by atomic mass is 32.2. The molecule has 2 aromatic carbocycles. The molecule has 1 unspecified atom stereocenters. The maximum absolute atomic E-state index is 13.2. The molecule has 0 radical (unpaired) electrons. The van der Waals surface area contributed by atoms with Crippen LogP contribution in [0.1, 0.15) is 17.5 Å². The van der Waals surface area contributed by atoms with Crippen LogP contribution in [-0.2, 0) is 23.0 Å². The van der Waals surface area contributed by atoms with E-state index in [0.29, 0.717) is 34.1 Å². The van der Waals surface area contributed by atoms with Gasteiger partial charge in [0.05, 0.1) is 7.11 Å². The molecular formula is C19H21F3N2O3S. The molecule has 1 aliphatic rings. The van der Waals surface area contributed by atoms with Crippen molar-refractivity contribution in [2.24, 2.45) is 0 Å². The third kappa shape index (κ3) is 4.25. The highest BCUT2D eigenvalue weighted by Gasteiger charge is 2.51. The van der Waals surface area contributed by atoms with Gasteiger partial charge in [-0.15, -0.1) is 0 Å². The van der Waals surface area contributed by atoms with E-state index in [1.807, 2.05) is 30.3 Å². The van der Waals surface area contributed by atoms with Crippen LogP contribution in [0, 0.1) is 0 Å². The summed E-state index contributed by atoms with van der Waals surface area (Å²) in [6.07, 6.45) is 1.09. The molecule has 0 saturated heterocycles. The van der Waals surface area contributed by atoms with E-state index in [-0.39, 0.29) is 6.54 Å². The molecular weight excluding hydrogens is 393 g/mol. The van der Waals surface area contributed by atoms with E-state index in [2.05, 4.69) is 5.32 Å². The number of methoxy groups -OCH3 is 1. The zero-order valence-electron chi connectivity index (χ0n) is 15.2. The molecule has 28 heavy (non-hydrogen) atoms. The van der Waals surface area contributed by atoms with Gasteiger partial charge in [0.2, 0.25) is 0 Å². The Morgan fingerprint density at radius 2 is 1.86 bits per heavy atom. The lowest BCUT2D eigenvalue weighted by Gasteiger charge is -2.25. The number of rotatable bonds is 5. The van der Waals surface area contributed by atoms with Crippen LogP contribution in [0.3, 0.4) is 0 Å². The molecule has 1 atom stereocenters. The van der Waals surface area contributed by atoms with Gasteiger partial charge in [0.1, 0.15) is 5.75 Å². The number of nitrogens with one attached hydrogen (secondary N) is 1. The first-order valence-electron chi connectivity index (χ1n) is 8.75. The maximum Gasteiger partial charge on any atom is 0.511 e. The molecule has 0 aliphatic carbocycles. The summed E-state index contributed by atoms with van der Waals surface area (Å²) in [7, 11) is -4.07. The van der Waals surface area contributed by atoms with Crippen LogP contribution in [0.25, 0.3) is 0 Å². The van der Waals surface area contributed by atoms with Crippen LogP contribution in [0.2, 0.25) is 0 Å².